The van der Waals surface area contributed by atoms with E-state index in [0.717, 1.165) is 13.0 Å². The fourth-order valence-corrected chi connectivity index (χ4v) is 2.59. The van der Waals surface area contributed by atoms with Gasteiger partial charge < -0.3 is 9.64 Å². The molecular weight excluding hydrogens is 299 g/mol. The summed E-state index contributed by atoms with van der Waals surface area (Å²) in [7, 11) is 0. The molecule has 1 aliphatic rings. The lowest BCUT2D eigenvalue weighted by molar-refractivity contribution is -0.148. The molecule has 23 heavy (non-hydrogen) atoms. The molecule has 5 nitrogen and oxygen atoms in total. The smallest absolute Gasteiger partial charge is 0.320 e. The highest BCUT2D eigenvalue weighted by Gasteiger charge is 2.22. The second kappa shape index (κ2) is 8.06. The van der Waals surface area contributed by atoms with E-state index < -0.39 is 0 Å². The Hall–Kier alpha value is -1.95. The summed E-state index contributed by atoms with van der Waals surface area (Å²) in [4.78, 5) is 27.9. The maximum Gasteiger partial charge on any atom is 0.320 e. The third kappa shape index (κ3) is 5.32. The Balaban J connectivity index is 1.89. The molecule has 0 saturated carbocycles. The lowest BCUT2D eigenvalue weighted by Gasteiger charge is -2.22. The van der Waals surface area contributed by atoms with Crippen molar-refractivity contribution in [1.29, 1.82) is 0 Å². The van der Waals surface area contributed by atoms with Crippen LogP contribution in [0.4, 0.5) is 4.39 Å². The van der Waals surface area contributed by atoms with Gasteiger partial charge in [-0.3, -0.25) is 14.5 Å². The van der Waals surface area contributed by atoms with Crippen LogP contribution in [-0.4, -0.2) is 60.5 Å². The van der Waals surface area contributed by atoms with E-state index in [0.29, 0.717) is 25.2 Å². The van der Waals surface area contributed by atoms with Crippen LogP contribution in [0, 0.1) is 5.82 Å². The lowest BCUT2D eigenvalue weighted by Crippen LogP contribution is -2.37. The molecule has 1 amide bonds. The molecule has 0 bridgehead atoms. The Morgan fingerprint density at radius 2 is 1.83 bits per heavy atom. The van der Waals surface area contributed by atoms with Gasteiger partial charge in [-0.15, -0.1) is 0 Å². The zero-order valence-electron chi connectivity index (χ0n) is 13.6. The molecule has 0 spiro atoms. The number of esters is 1. The van der Waals surface area contributed by atoms with Crippen LogP contribution in [0.15, 0.2) is 24.3 Å². The van der Waals surface area contributed by atoms with Gasteiger partial charge in [-0.1, -0.05) is 0 Å². The Bertz CT molecular complexity index is 545. The van der Waals surface area contributed by atoms with E-state index in [1.54, 1.807) is 4.90 Å². The van der Waals surface area contributed by atoms with Crippen molar-refractivity contribution in [2.75, 3.05) is 32.7 Å². The first kappa shape index (κ1) is 17.4. The number of hydrogen-bond acceptors (Lipinski definition) is 4. The molecule has 1 aromatic carbocycles. The topological polar surface area (TPSA) is 49.9 Å². The van der Waals surface area contributed by atoms with Crippen molar-refractivity contribution < 1.29 is 18.7 Å². The van der Waals surface area contributed by atoms with Crippen molar-refractivity contribution in [2.24, 2.45) is 0 Å². The lowest BCUT2D eigenvalue weighted by atomic mass is 10.2. The minimum absolute atomic E-state index is 0.100. The summed E-state index contributed by atoms with van der Waals surface area (Å²) >= 11 is 0. The summed E-state index contributed by atoms with van der Waals surface area (Å²) < 4.78 is 18.1. The van der Waals surface area contributed by atoms with Gasteiger partial charge in [0.15, 0.2) is 0 Å². The van der Waals surface area contributed by atoms with Crippen LogP contribution < -0.4 is 0 Å². The van der Waals surface area contributed by atoms with E-state index in [-0.39, 0.29) is 30.3 Å². The Labute approximate surface area is 136 Å². The first-order chi connectivity index (χ1) is 11.0. The van der Waals surface area contributed by atoms with E-state index in [9.17, 15) is 14.0 Å². The number of nitrogens with zero attached hydrogens (tertiary/aromatic N) is 2. The van der Waals surface area contributed by atoms with Gasteiger partial charge in [-0.2, -0.15) is 0 Å². The molecule has 1 fully saturated rings. The predicted molar refractivity (Wildman–Crippen MR) is 84.6 cm³/mol. The van der Waals surface area contributed by atoms with Crippen LogP contribution in [0.5, 0.6) is 0 Å². The number of ether oxygens (including phenoxy) is 1. The minimum atomic E-state index is -0.354. The molecular formula is C17H23FN2O3. The molecule has 0 unspecified atom stereocenters. The predicted octanol–water partition coefficient (Wildman–Crippen LogP) is 1.93. The SMILES string of the molecule is CC(C)OC(=O)CN1CCCN(C(=O)c2ccc(F)cc2)CC1. The van der Waals surface area contributed by atoms with Gasteiger partial charge in [0.2, 0.25) is 0 Å². The molecule has 2 rings (SSSR count). The maximum atomic E-state index is 12.9. The molecule has 1 saturated heterocycles. The van der Waals surface area contributed by atoms with Crippen LogP contribution in [0.3, 0.4) is 0 Å². The number of hydrogen-bond donors (Lipinski definition) is 0. The Kier molecular flexibility index (Phi) is 6.10. The van der Waals surface area contributed by atoms with E-state index in [2.05, 4.69) is 0 Å². The zero-order chi connectivity index (χ0) is 16.8. The third-order valence-corrected chi connectivity index (χ3v) is 3.69. The quantitative estimate of drug-likeness (QED) is 0.795. The highest BCUT2D eigenvalue weighted by molar-refractivity contribution is 5.94. The van der Waals surface area contributed by atoms with Crippen LogP contribution in [0.2, 0.25) is 0 Å². The van der Waals surface area contributed by atoms with Crippen molar-refractivity contribution in [3.05, 3.63) is 35.6 Å². The van der Waals surface area contributed by atoms with Crippen LogP contribution >= 0.6 is 0 Å². The van der Waals surface area contributed by atoms with E-state index in [4.69, 9.17) is 4.74 Å². The average molecular weight is 322 g/mol. The normalized spacial score (nSPS) is 16.3. The molecule has 0 N–H and O–H groups in total. The Morgan fingerprint density at radius 3 is 2.48 bits per heavy atom. The van der Waals surface area contributed by atoms with Crippen molar-refractivity contribution in [3.8, 4) is 0 Å². The highest BCUT2D eigenvalue weighted by atomic mass is 19.1. The van der Waals surface area contributed by atoms with Gasteiger partial charge in [-0.05, 0) is 44.5 Å². The van der Waals surface area contributed by atoms with Gasteiger partial charge in [0.25, 0.3) is 5.91 Å². The van der Waals surface area contributed by atoms with Gasteiger partial charge in [0.1, 0.15) is 5.82 Å². The van der Waals surface area contributed by atoms with E-state index >= 15 is 0 Å². The van der Waals surface area contributed by atoms with Crippen molar-refractivity contribution in [1.82, 2.24) is 9.80 Å². The maximum absolute atomic E-state index is 12.9. The van der Waals surface area contributed by atoms with Crippen LogP contribution in [0.1, 0.15) is 30.6 Å². The summed E-state index contributed by atoms with van der Waals surface area (Å²) in [5, 5.41) is 0. The fraction of sp³-hybridized carbons (Fsp3) is 0.529. The fourth-order valence-electron chi connectivity index (χ4n) is 2.59. The van der Waals surface area contributed by atoms with Crippen molar-refractivity contribution in [2.45, 2.75) is 26.4 Å². The van der Waals surface area contributed by atoms with Crippen molar-refractivity contribution in [3.63, 3.8) is 0 Å². The second-order valence-electron chi connectivity index (χ2n) is 5.97. The third-order valence-electron chi connectivity index (χ3n) is 3.69. The summed E-state index contributed by atoms with van der Waals surface area (Å²) in [5.74, 6) is -0.692. The molecule has 6 heteroatoms. The molecule has 0 atom stereocenters. The van der Waals surface area contributed by atoms with E-state index in [1.165, 1.54) is 24.3 Å². The molecule has 0 aliphatic carbocycles. The number of carbonyl (C=O) groups is 2. The Morgan fingerprint density at radius 1 is 1.13 bits per heavy atom. The number of halogens is 1. The van der Waals surface area contributed by atoms with Gasteiger partial charge in [0.05, 0.1) is 12.6 Å². The zero-order valence-corrected chi connectivity index (χ0v) is 13.6. The molecule has 1 aliphatic heterocycles. The summed E-state index contributed by atoms with van der Waals surface area (Å²) in [6.07, 6.45) is 0.674. The molecule has 0 aromatic heterocycles. The van der Waals surface area contributed by atoms with Crippen molar-refractivity contribution >= 4 is 11.9 Å². The molecule has 1 heterocycles. The van der Waals surface area contributed by atoms with Gasteiger partial charge in [-0.25, -0.2) is 4.39 Å². The monoisotopic (exact) mass is 322 g/mol. The number of carbonyl (C=O) groups excluding carboxylic acids is 2. The highest BCUT2D eigenvalue weighted by Crippen LogP contribution is 2.10. The van der Waals surface area contributed by atoms with Crippen LogP contribution in [-0.2, 0) is 9.53 Å². The summed E-state index contributed by atoms with van der Waals surface area (Å²) in [6, 6.07) is 5.58. The minimum Gasteiger partial charge on any atom is -0.462 e. The standard InChI is InChI=1S/C17H23FN2O3/c1-13(2)23-16(21)12-19-8-3-9-20(11-10-19)17(22)14-4-6-15(18)7-5-14/h4-7,13H,3,8-12H2,1-2H3. The first-order valence-corrected chi connectivity index (χ1v) is 7.92. The second-order valence-corrected chi connectivity index (χ2v) is 5.97. The number of amides is 1. The summed E-state index contributed by atoms with van der Waals surface area (Å²) in [5.41, 5.74) is 0.485. The summed E-state index contributed by atoms with van der Waals surface area (Å²) in [6.45, 7) is 6.45. The van der Waals surface area contributed by atoms with Crippen LogP contribution in [0.25, 0.3) is 0 Å². The number of rotatable bonds is 4. The molecule has 0 radical (unpaired) electrons. The average Bonchev–Trinajstić information content (AvgIpc) is 2.72. The molecule has 1 aromatic rings. The first-order valence-electron chi connectivity index (χ1n) is 7.92. The molecule has 126 valence electrons. The van der Waals surface area contributed by atoms with Gasteiger partial charge >= 0.3 is 5.97 Å². The van der Waals surface area contributed by atoms with E-state index in [1.807, 2.05) is 18.7 Å². The number of benzene rings is 1. The largest absolute Gasteiger partial charge is 0.462 e. The van der Waals surface area contributed by atoms with Gasteiger partial charge in [0, 0.05) is 31.7 Å².